The molecule has 0 fully saturated rings. The molecular formula is C19H19FN4O3. The second kappa shape index (κ2) is 8.31. The summed E-state index contributed by atoms with van der Waals surface area (Å²) in [4.78, 5) is 28.5. The van der Waals surface area contributed by atoms with E-state index in [1.807, 2.05) is 0 Å². The number of carbonyl (C=O) groups is 2. The molecule has 8 heteroatoms. The molecule has 1 aliphatic heterocycles. The van der Waals surface area contributed by atoms with E-state index < -0.39 is 6.04 Å². The van der Waals surface area contributed by atoms with E-state index in [4.69, 9.17) is 4.74 Å². The topological polar surface area (TPSA) is 92.3 Å². The normalized spacial score (nSPS) is 16.4. The number of allylic oxidation sites excluding steroid dienone is 1. The number of nitrogens with zero attached hydrogens (tertiary/aromatic N) is 1. The standard InChI is InChI=1S/C19H19FN4O3/c1-12-16(17(24-19(26)23-12)13-3-2-8-21-11-13)18(25)22-9-10-27-15-6-4-14(20)5-7-15/h2-8,11,17H,9-10H2,1H3,(H,22,25)(H2,23,24,26). The maximum absolute atomic E-state index is 12.9. The fraction of sp³-hybridized carbons (Fsp3) is 0.211. The van der Waals surface area contributed by atoms with Gasteiger partial charge in [-0.05, 0) is 42.8 Å². The lowest BCUT2D eigenvalue weighted by molar-refractivity contribution is -0.118. The molecule has 1 atom stereocenters. The number of ether oxygens (including phenoxy) is 1. The first-order chi connectivity index (χ1) is 13.0. The first-order valence-corrected chi connectivity index (χ1v) is 8.39. The van der Waals surface area contributed by atoms with Gasteiger partial charge in [-0.25, -0.2) is 9.18 Å². The molecule has 2 aromatic rings. The molecule has 3 N–H and O–H groups in total. The van der Waals surface area contributed by atoms with E-state index in [0.29, 0.717) is 22.6 Å². The quantitative estimate of drug-likeness (QED) is 0.679. The van der Waals surface area contributed by atoms with E-state index in [0.717, 1.165) is 0 Å². The van der Waals surface area contributed by atoms with Crippen LogP contribution in [0.5, 0.6) is 5.75 Å². The Morgan fingerprint density at radius 3 is 2.78 bits per heavy atom. The zero-order chi connectivity index (χ0) is 19.2. The van der Waals surface area contributed by atoms with Crippen molar-refractivity contribution >= 4 is 11.9 Å². The van der Waals surface area contributed by atoms with Gasteiger partial charge < -0.3 is 20.7 Å². The predicted molar refractivity (Wildman–Crippen MR) is 96.3 cm³/mol. The summed E-state index contributed by atoms with van der Waals surface area (Å²) in [5.74, 6) is -0.149. The Balaban J connectivity index is 1.63. The van der Waals surface area contributed by atoms with Crippen molar-refractivity contribution < 1.29 is 18.7 Å². The number of nitrogens with one attached hydrogen (secondary N) is 3. The van der Waals surface area contributed by atoms with E-state index in [2.05, 4.69) is 20.9 Å². The maximum Gasteiger partial charge on any atom is 0.319 e. The molecule has 3 rings (SSSR count). The third kappa shape index (κ3) is 4.60. The van der Waals surface area contributed by atoms with E-state index in [9.17, 15) is 14.0 Å². The van der Waals surface area contributed by atoms with Gasteiger partial charge in [0, 0.05) is 18.1 Å². The summed E-state index contributed by atoms with van der Waals surface area (Å²) in [7, 11) is 0. The van der Waals surface area contributed by atoms with Crippen LogP contribution < -0.4 is 20.7 Å². The summed E-state index contributed by atoms with van der Waals surface area (Å²) in [5.41, 5.74) is 1.59. The molecule has 0 aliphatic carbocycles. The SMILES string of the molecule is CC1=C(C(=O)NCCOc2ccc(F)cc2)C(c2cccnc2)NC(=O)N1. The molecule has 1 aliphatic rings. The van der Waals surface area contributed by atoms with Gasteiger partial charge in [0.15, 0.2) is 0 Å². The number of amides is 3. The molecule has 1 unspecified atom stereocenters. The van der Waals surface area contributed by atoms with Gasteiger partial charge in [0.05, 0.1) is 18.2 Å². The van der Waals surface area contributed by atoms with Gasteiger partial charge in [-0.3, -0.25) is 9.78 Å². The van der Waals surface area contributed by atoms with Crippen molar-refractivity contribution in [3.63, 3.8) is 0 Å². The first kappa shape index (κ1) is 18.4. The largest absolute Gasteiger partial charge is 0.492 e. The number of urea groups is 1. The van der Waals surface area contributed by atoms with Crippen LogP contribution in [0.4, 0.5) is 9.18 Å². The van der Waals surface area contributed by atoms with Gasteiger partial charge in [0.2, 0.25) is 0 Å². The molecule has 0 bridgehead atoms. The number of aromatic nitrogens is 1. The molecule has 0 saturated heterocycles. The third-order valence-corrected chi connectivity index (χ3v) is 4.00. The summed E-state index contributed by atoms with van der Waals surface area (Å²) in [6.07, 6.45) is 3.23. The fourth-order valence-corrected chi connectivity index (χ4v) is 2.75. The number of halogens is 1. The van der Waals surface area contributed by atoms with Crippen molar-refractivity contribution in [2.75, 3.05) is 13.2 Å². The highest BCUT2D eigenvalue weighted by atomic mass is 19.1. The van der Waals surface area contributed by atoms with Crippen molar-refractivity contribution in [3.8, 4) is 5.75 Å². The van der Waals surface area contributed by atoms with Gasteiger partial charge >= 0.3 is 6.03 Å². The zero-order valence-electron chi connectivity index (χ0n) is 14.7. The van der Waals surface area contributed by atoms with Gasteiger partial charge in [-0.1, -0.05) is 6.07 Å². The fourth-order valence-electron chi connectivity index (χ4n) is 2.75. The molecular weight excluding hydrogens is 351 g/mol. The highest BCUT2D eigenvalue weighted by Crippen LogP contribution is 2.25. The van der Waals surface area contributed by atoms with Crippen LogP contribution in [-0.4, -0.2) is 30.1 Å². The Morgan fingerprint density at radius 1 is 1.30 bits per heavy atom. The maximum atomic E-state index is 12.9. The number of pyridine rings is 1. The van der Waals surface area contributed by atoms with Crippen molar-refractivity contribution in [2.45, 2.75) is 13.0 Å². The van der Waals surface area contributed by atoms with Crippen LogP contribution in [0, 0.1) is 5.82 Å². The lowest BCUT2D eigenvalue weighted by Crippen LogP contribution is -2.47. The molecule has 140 valence electrons. The van der Waals surface area contributed by atoms with Crippen LogP contribution in [0.25, 0.3) is 0 Å². The molecule has 27 heavy (non-hydrogen) atoms. The van der Waals surface area contributed by atoms with Crippen LogP contribution in [0.15, 0.2) is 60.1 Å². The summed E-state index contributed by atoms with van der Waals surface area (Å²) in [6.45, 7) is 2.15. The number of hydrogen-bond donors (Lipinski definition) is 3. The minimum atomic E-state index is -0.592. The van der Waals surface area contributed by atoms with Crippen LogP contribution in [-0.2, 0) is 4.79 Å². The Kier molecular flexibility index (Phi) is 5.65. The zero-order valence-corrected chi connectivity index (χ0v) is 14.7. The van der Waals surface area contributed by atoms with Gasteiger partial charge in [0.25, 0.3) is 5.91 Å². The van der Waals surface area contributed by atoms with E-state index in [1.54, 1.807) is 31.5 Å². The minimum Gasteiger partial charge on any atom is -0.492 e. The summed E-state index contributed by atoms with van der Waals surface area (Å²) >= 11 is 0. The van der Waals surface area contributed by atoms with Crippen molar-refractivity contribution in [1.29, 1.82) is 0 Å². The molecule has 1 aromatic heterocycles. The van der Waals surface area contributed by atoms with E-state index >= 15 is 0 Å². The summed E-state index contributed by atoms with van der Waals surface area (Å²) in [6, 6.07) is 8.20. The van der Waals surface area contributed by atoms with Crippen molar-refractivity contribution in [1.82, 2.24) is 20.9 Å². The Morgan fingerprint density at radius 2 is 2.07 bits per heavy atom. The smallest absolute Gasteiger partial charge is 0.319 e. The van der Waals surface area contributed by atoms with Gasteiger partial charge in [0.1, 0.15) is 18.2 Å². The second-order valence-corrected chi connectivity index (χ2v) is 5.91. The number of benzene rings is 1. The van der Waals surface area contributed by atoms with Crippen molar-refractivity contribution in [3.05, 3.63) is 71.4 Å². The predicted octanol–water partition coefficient (Wildman–Crippen LogP) is 2.04. The first-order valence-electron chi connectivity index (χ1n) is 8.39. The van der Waals surface area contributed by atoms with Crippen LogP contribution in [0.1, 0.15) is 18.5 Å². The molecule has 1 aromatic carbocycles. The molecule has 0 radical (unpaired) electrons. The molecule has 2 heterocycles. The molecule has 7 nitrogen and oxygen atoms in total. The van der Waals surface area contributed by atoms with Crippen LogP contribution >= 0.6 is 0 Å². The van der Waals surface area contributed by atoms with Gasteiger partial charge in [-0.2, -0.15) is 0 Å². The minimum absolute atomic E-state index is 0.223. The Hall–Kier alpha value is -3.42. The summed E-state index contributed by atoms with van der Waals surface area (Å²) in [5, 5.41) is 8.12. The van der Waals surface area contributed by atoms with Gasteiger partial charge in [-0.15, -0.1) is 0 Å². The highest BCUT2D eigenvalue weighted by Gasteiger charge is 2.31. The van der Waals surface area contributed by atoms with Crippen LogP contribution in [0.3, 0.4) is 0 Å². The third-order valence-electron chi connectivity index (χ3n) is 4.00. The van der Waals surface area contributed by atoms with E-state index in [1.165, 1.54) is 24.3 Å². The average molecular weight is 370 g/mol. The van der Waals surface area contributed by atoms with Crippen LogP contribution in [0.2, 0.25) is 0 Å². The molecule has 0 saturated carbocycles. The number of carbonyl (C=O) groups excluding carboxylic acids is 2. The Bertz CT molecular complexity index is 853. The molecule has 0 spiro atoms. The lowest BCUT2D eigenvalue weighted by atomic mass is 9.96. The molecule has 3 amide bonds. The average Bonchev–Trinajstić information content (AvgIpc) is 2.66. The number of hydrogen-bond acceptors (Lipinski definition) is 4. The lowest BCUT2D eigenvalue weighted by Gasteiger charge is -2.28. The van der Waals surface area contributed by atoms with E-state index in [-0.39, 0.29) is 30.9 Å². The van der Waals surface area contributed by atoms with Crippen molar-refractivity contribution in [2.24, 2.45) is 0 Å². The number of rotatable bonds is 6. The Labute approximate surface area is 155 Å². The summed E-state index contributed by atoms with van der Waals surface area (Å²) < 4.78 is 18.3. The second-order valence-electron chi connectivity index (χ2n) is 5.91. The monoisotopic (exact) mass is 370 g/mol. The highest BCUT2D eigenvalue weighted by molar-refractivity contribution is 5.98.